The van der Waals surface area contributed by atoms with Gasteiger partial charge in [0.15, 0.2) is 0 Å². The molecule has 0 bridgehead atoms. The molecule has 0 heterocycles. The average Bonchev–Trinajstić information content (AvgIpc) is 1.66. The fraction of sp³-hybridized carbons (Fsp3) is 0.833. The largest absolute Gasteiger partial charge is 1.00 e. The Labute approximate surface area is 69.8 Å². The van der Waals surface area contributed by atoms with E-state index in [4.69, 9.17) is 5.73 Å². The third kappa shape index (κ3) is 11.6. The molecule has 0 atom stereocenters. The summed E-state index contributed by atoms with van der Waals surface area (Å²) >= 11 is 0. The summed E-state index contributed by atoms with van der Waals surface area (Å²) in [5.41, 5.74) is 4.89. The van der Waals surface area contributed by atoms with Gasteiger partial charge in [-0.25, -0.2) is 0 Å². The van der Waals surface area contributed by atoms with Crippen molar-refractivity contribution in [1.82, 2.24) is 0 Å². The van der Waals surface area contributed by atoms with Gasteiger partial charge in [0, 0.05) is 6.42 Å². The predicted molar refractivity (Wildman–Crippen MR) is 34.4 cm³/mol. The molecule has 0 fully saturated rings. The molecule has 0 saturated carbocycles. The topological polar surface area (TPSA) is 43.1 Å². The van der Waals surface area contributed by atoms with Crippen LogP contribution in [0.1, 0.15) is 34.0 Å². The maximum Gasteiger partial charge on any atom is 1.00 e. The Hall–Kier alpha value is 0.0674. The third-order valence-corrected chi connectivity index (χ3v) is 1.03. The summed E-state index contributed by atoms with van der Waals surface area (Å²) < 4.78 is 0. The molecule has 0 aromatic carbocycles. The minimum Gasteiger partial charge on any atom is -1.00 e. The van der Waals surface area contributed by atoms with Crippen LogP contribution in [-0.2, 0) is 4.79 Å². The van der Waals surface area contributed by atoms with Gasteiger partial charge in [0.05, 0.1) is 0 Å². The van der Waals surface area contributed by atoms with Crippen LogP contribution in [0.3, 0.4) is 0 Å². The molecule has 1 amide bonds. The minimum atomic E-state index is -0.182. The molecule has 0 aromatic rings. The van der Waals surface area contributed by atoms with Crippen molar-refractivity contribution >= 4 is 5.91 Å². The van der Waals surface area contributed by atoms with E-state index in [1.54, 1.807) is 0 Å². The van der Waals surface area contributed by atoms with Gasteiger partial charge >= 0.3 is 18.9 Å². The van der Waals surface area contributed by atoms with Crippen LogP contribution < -0.4 is 24.6 Å². The van der Waals surface area contributed by atoms with Gasteiger partial charge in [0.25, 0.3) is 0 Å². The number of nitrogens with two attached hydrogens (primary N) is 1. The first-order valence-corrected chi connectivity index (χ1v) is 3.05. The Morgan fingerprint density at radius 1 is 1.56 bits per heavy atom. The van der Waals surface area contributed by atoms with Gasteiger partial charge < -0.3 is 7.16 Å². The van der Waals surface area contributed by atoms with Gasteiger partial charge in [-0.1, -0.05) is 19.8 Å². The van der Waals surface area contributed by atoms with Gasteiger partial charge in [-0.3, -0.25) is 4.79 Å². The second kappa shape index (κ2) is 8.07. The third-order valence-electron chi connectivity index (χ3n) is 1.03. The molecule has 50 valence electrons. The van der Waals surface area contributed by atoms with E-state index in [-0.39, 0.29) is 26.2 Å². The van der Waals surface area contributed by atoms with Crippen molar-refractivity contribution in [2.45, 2.75) is 32.6 Å². The second-order valence-electron chi connectivity index (χ2n) is 1.92. The first kappa shape index (κ1) is 11.8. The van der Waals surface area contributed by atoms with Crippen LogP contribution in [0.25, 0.3) is 0 Å². The Bertz CT molecular complexity index is 80.1. The summed E-state index contributed by atoms with van der Waals surface area (Å²) in [4.78, 5) is 10.1. The second-order valence-corrected chi connectivity index (χ2v) is 1.92. The SMILES string of the molecule is CCCCCC(N)=O.[H-].[Li+]. The van der Waals surface area contributed by atoms with Crippen molar-refractivity contribution in [2.24, 2.45) is 5.73 Å². The molecule has 0 spiro atoms. The number of hydrogen-bond donors (Lipinski definition) is 1. The quantitative estimate of drug-likeness (QED) is 0.347. The monoisotopic (exact) mass is 123 g/mol. The van der Waals surface area contributed by atoms with E-state index in [0.29, 0.717) is 6.42 Å². The zero-order chi connectivity index (χ0) is 6.41. The predicted octanol–water partition coefficient (Wildman–Crippen LogP) is -1.83. The van der Waals surface area contributed by atoms with E-state index >= 15 is 0 Å². The zero-order valence-electron chi connectivity index (χ0n) is 7.31. The molecule has 0 saturated heterocycles. The van der Waals surface area contributed by atoms with Crippen molar-refractivity contribution in [3.8, 4) is 0 Å². The molecule has 9 heavy (non-hydrogen) atoms. The summed E-state index contributed by atoms with van der Waals surface area (Å²) in [6, 6.07) is 0. The summed E-state index contributed by atoms with van der Waals surface area (Å²) in [5, 5.41) is 0. The molecule has 3 heteroatoms. The van der Waals surface area contributed by atoms with Crippen molar-refractivity contribution in [3.63, 3.8) is 0 Å². The van der Waals surface area contributed by atoms with Crippen LogP contribution in [-0.4, -0.2) is 5.91 Å². The number of primary amides is 1. The number of hydrogen-bond acceptors (Lipinski definition) is 1. The van der Waals surface area contributed by atoms with Crippen LogP contribution in [0.15, 0.2) is 0 Å². The molecule has 0 aliphatic carbocycles. The number of carbonyl (C=O) groups excluding carboxylic acids is 1. The van der Waals surface area contributed by atoms with Crippen molar-refractivity contribution in [1.29, 1.82) is 0 Å². The molecule has 0 aliphatic rings. The van der Waals surface area contributed by atoms with Crippen molar-refractivity contribution in [2.75, 3.05) is 0 Å². The maximum atomic E-state index is 10.1. The number of carbonyl (C=O) groups is 1. The first-order valence-electron chi connectivity index (χ1n) is 3.05. The molecule has 2 nitrogen and oxygen atoms in total. The van der Waals surface area contributed by atoms with E-state index in [2.05, 4.69) is 6.92 Å². The molecule has 2 N–H and O–H groups in total. The Balaban J connectivity index is -0.000000245. The van der Waals surface area contributed by atoms with E-state index < -0.39 is 0 Å². The fourth-order valence-corrected chi connectivity index (χ4v) is 0.549. The molecular formula is C6H14LiNO. The first-order chi connectivity index (χ1) is 3.77. The summed E-state index contributed by atoms with van der Waals surface area (Å²) in [6.07, 6.45) is 3.76. The zero-order valence-corrected chi connectivity index (χ0v) is 6.31. The van der Waals surface area contributed by atoms with E-state index in [9.17, 15) is 4.79 Å². The van der Waals surface area contributed by atoms with Crippen molar-refractivity contribution in [3.05, 3.63) is 0 Å². The summed E-state index contributed by atoms with van der Waals surface area (Å²) in [6.45, 7) is 2.10. The molecular weight excluding hydrogens is 109 g/mol. The normalized spacial score (nSPS) is 8.11. The number of amides is 1. The van der Waals surface area contributed by atoms with E-state index in [1.807, 2.05) is 0 Å². The summed E-state index contributed by atoms with van der Waals surface area (Å²) in [7, 11) is 0. The van der Waals surface area contributed by atoms with Gasteiger partial charge in [-0.15, -0.1) is 0 Å². The van der Waals surface area contributed by atoms with Gasteiger partial charge in [0.1, 0.15) is 0 Å². The smallest absolute Gasteiger partial charge is 1.00 e. The van der Waals surface area contributed by atoms with Gasteiger partial charge in [-0.05, 0) is 6.42 Å². The average molecular weight is 123 g/mol. The van der Waals surface area contributed by atoms with Gasteiger partial charge in [-0.2, -0.15) is 0 Å². The molecule has 0 unspecified atom stereocenters. The molecule has 0 rings (SSSR count). The maximum absolute atomic E-state index is 10.1. The van der Waals surface area contributed by atoms with Crippen LogP contribution in [0.5, 0.6) is 0 Å². The van der Waals surface area contributed by atoms with Crippen LogP contribution in [0.4, 0.5) is 0 Å². The van der Waals surface area contributed by atoms with Crippen molar-refractivity contribution < 1.29 is 25.1 Å². The number of unbranched alkanes of at least 4 members (excludes halogenated alkanes) is 2. The Morgan fingerprint density at radius 3 is 2.44 bits per heavy atom. The van der Waals surface area contributed by atoms with Crippen LogP contribution >= 0.6 is 0 Å². The van der Waals surface area contributed by atoms with E-state index in [1.165, 1.54) is 0 Å². The minimum absolute atomic E-state index is 0. The fourth-order valence-electron chi connectivity index (χ4n) is 0.549. The van der Waals surface area contributed by atoms with E-state index in [0.717, 1.165) is 19.3 Å². The Morgan fingerprint density at radius 2 is 2.11 bits per heavy atom. The van der Waals surface area contributed by atoms with Crippen LogP contribution in [0.2, 0.25) is 0 Å². The summed E-state index contributed by atoms with van der Waals surface area (Å²) in [5.74, 6) is -0.182. The molecule has 0 aromatic heterocycles. The standard InChI is InChI=1S/C6H13NO.Li.H/c1-2-3-4-5-6(7)8;;/h2-5H2,1H3,(H2,7,8);;/q;+1;-1. The molecule has 0 radical (unpaired) electrons. The van der Waals surface area contributed by atoms with Crippen LogP contribution in [0, 0.1) is 0 Å². The number of rotatable bonds is 4. The molecule has 0 aliphatic heterocycles. The van der Waals surface area contributed by atoms with Gasteiger partial charge in [0.2, 0.25) is 5.91 Å². The Kier molecular flexibility index (Phi) is 10.6.